The van der Waals surface area contributed by atoms with E-state index >= 15 is 0 Å². The van der Waals surface area contributed by atoms with E-state index < -0.39 is 113 Å². The summed E-state index contributed by atoms with van der Waals surface area (Å²) in [5, 5.41) is 0. The van der Waals surface area contributed by atoms with Crippen LogP contribution in [-0.2, 0) is 66.8 Å². The number of allylic oxidation sites excluding steroid dienone is 2. The molecule has 1 saturated carbocycles. The number of esters is 6. The molecule has 0 bridgehead atoms. The molecule has 0 radical (unpaired) electrons. The summed E-state index contributed by atoms with van der Waals surface area (Å²) in [4.78, 5) is 106. The van der Waals surface area contributed by atoms with Crippen molar-refractivity contribution in [1.82, 2.24) is 0 Å². The van der Waals surface area contributed by atoms with Gasteiger partial charge in [-0.1, -0.05) is 39.5 Å². The Balaban J connectivity index is 3.21. The van der Waals surface area contributed by atoms with Crippen LogP contribution in [0, 0.1) is 23.2 Å². The topological polar surface area (TPSA) is 192 Å². The Morgan fingerprint density at radius 3 is 1.76 bits per heavy atom. The smallest absolute Gasteiger partial charge is 0.309 e. The average Bonchev–Trinajstić information content (AvgIpc) is 3.19. The van der Waals surface area contributed by atoms with Gasteiger partial charge in [0.05, 0.1) is 11.8 Å². The highest BCUT2D eigenvalue weighted by molar-refractivity contribution is 5.96. The highest BCUT2D eigenvalue weighted by Gasteiger charge is 2.72. The summed E-state index contributed by atoms with van der Waals surface area (Å²) in [5.41, 5.74) is -6.09. The normalized spacial score (nSPS) is 32.6. The molecule has 0 spiro atoms. The van der Waals surface area contributed by atoms with Gasteiger partial charge in [-0.15, -0.1) is 0 Å². The molecular formula is C35H48O14. The molecular weight excluding hydrogens is 644 g/mol. The summed E-state index contributed by atoms with van der Waals surface area (Å²) in [6.07, 6.45) is -4.68. The monoisotopic (exact) mass is 692 g/mol. The van der Waals surface area contributed by atoms with Crippen LogP contribution < -0.4 is 0 Å². The van der Waals surface area contributed by atoms with E-state index in [0.29, 0.717) is 6.42 Å². The van der Waals surface area contributed by atoms with Gasteiger partial charge in [0, 0.05) is 57.9 Å². The van der Waals surface area contributed by atoms with E-state index in [1.807, 2.05) is 0 Å². The molecule has 0 aliphatic heterocycles. The number of fused-ring (bicyclic) bond motifs is 1. The van der Waals surface area contributed by atoms with E-state index in [4.69, 9.17) is 28.4 Å². The summed E-state index contributed by atoms with van der Waals surface area (Å²) < 4.78 is 34.4. The van der Waals surface area contributed by atoms with Gasteiger partial charge in [0.15, 0.2) is 35.0 Å². The van der Waals surface area contributed by atoms with Crippen LogP contribution in [0.4, 0.5) is 0 Å². The van der Waals surface area contributed by atoms with Gasteiger partial charge < -0.3 is 28.4 Å². The lowest BCUT2D eigenvalue weighted by Crippen LogP contribution is -2.58. The van der Waals surface area contributed by atoms with Crippen molar-refractivity contribution >= 4 is 47.4 Å². The molecule has 2 rings (SSSR count). The zero-order valence-corrected chi connectivity index (χ0v) is 30.0. The van der Waals surface area contributed by atoms with E-state index in [1.54, 1.807) is 13.8 Å². The molecule has 2 aliphatic carbocycles. The lowest BCUT2D eigenvalue weighted by Gasteiger charge is -2.42. The van der Waals surface area contributed by atoms with Crippen LogP contribution in [0.3, 0.4) is 0 Å². The number of carbonyl (C=O) groups is 8. The van der Waals surface area contributed by atoms with Crippen molar-refractivity contribution < 1.29 is 66.8 Å². The Hall–Kier alpha value is -4.36. The molecule has 0 heterocycles. The molecule has 272 valence electrons. The van der Waals surface area contributed by atoms with Crippen LogP contribution in [0.25, 0.3) is 0 Å². The number of ketones is 2. The van der Waals surface area contributed by atoms with Gasteiger partial charge >= 0.3 is 35.8 Å². The predicted octanol–water partition coefficient (Wildman–Crippen LogP) is 3.31. The van der Waals surface area contributed by atoms with Crippen molar-refractivity contribution in [3.05, 3.63) is 24.3 Å². The highest BCUT2D eigenvalue weighted by Crippen LogP contribution is 2.54. The van der Waals surface area contributed by atoms with Crippen molar-refractivity contribution in [1.29, 1.82) is 0 Å². The van der Waals surface area contributed by atoms with Crippen LogP contribution in [0.1, 0.15) is 89.0 Å². The second-order valence-electron chi connectivity index (χ2n) is 13.5. The second-order valence-corrected chi connectivity index (χ2v) is 13.5. The first-order chi connectivity index (χ1) is 22.4. The minimum Gasteiger partial charge on any atom is -0.458 e. The van der Waals surface area contributed by atoms with Gasteiger partial charge in [-0.3, -0.25) is 38.4 Å². The van der Waals surface area contributed by atoms with Gasteiger partial charge in [-0.2, -0.15) is 0 Å². The van der Waals surface area contributed by atoms with Crippen LogP contribution in [0.2, 0.25) is 0 Å². The predicted molar refractivity (Wildman–Crippen MR) is 170 cm³/mol. The number of Topliss-reactive ketones (excluding diaryl/α,β-unsaturated/α-hetero) is 2. The maximum Gasteiger partial charge on any atom is 0.309 e. The van der Waals surface area contributed by atoms with Crippen molar-refractivity contribution in [2.24, 2.45) is 23.2 Å². The molecule has 1 fully saturated rings. The number of rotatable bonds is 8. The van der Waals surface area contributed by atoms with Gasteiger partial charge in [-0.25, -0.2) is 0 Å². The Morgan fingerprint density at radius 2 is 1.29 bits per heavy atom. The number of ether oxygens (including phenoxy) is 6. The van der Waals surface area contributed by atoms with Gasteiger partial charge in [-0.05, 0) is 27.2 Å². The summed E-state index contributed by atoms with van der Waals surface area (Å²) in [6, 6.07) is 0. The maximum atomic E-state index is 14.7. The summed E-state index contributed by atoms with van der Waals surface area (Å²) in [6.45, 7) is 18.3. The van der Waals surface area contributed by atoms with E-state index in [-0.39, 0.29) is 5.57 Å². The minimum atomic E-state index is -2.35. The van der Waals surface area contributed by atoms with Crippen LogP contribution in [-0.4, -0.2) is 83.0 Å². The van der Waals surface area contributed by atoms with Gasteiger partial charge in [0.2, 0.25) is 6.10 Å². The third-order valence-electron chi connectivity index (χ3n) is 8.78. The van der Waals surface area contributed by atoms with E-state index in [2.05, 4.69) is 6.58 Å². The molecule has 0 N–H and O–H groups in total. The zero-order valence-electron chi connectivity index (χ0n) is 30.0. The first kappa shape index (κ1) is 40.8. The van der Waals surface area contributed by atoms with Crippen molar-refractivity contribution in [2.75, 3.05) is 0 Å². The average molecular weight is 693 g/mol. The standard InChI is InChI=1S/C35H48O14/c1-13-17(2)32(43)47-28-27(45-21(6)37)19(4)26(44-20(5)36)25-31(46-22(7)38)34(12,48-23(8)39)16-35(25,49-24(9)40)29(41)18(3)14-15-33(10,11)30(28)42/h14-15,17-18,25-28,31H,4,13,16H2,1-3,5-12H3/b15-14-/t17?,18-,25-,26+,27?,28?,31+,34+,35+/m0/s1. The Kier molecular flexibility index (Phi) is 12.9. The Labute approximate surface area is 286 Å². The molecule has 14 nitrogen and oxygen atoms in total. The lowest BCUT2D eigenvalue weighted by molar-refractivity contribution is -0.191. The molecule has 0 aromatic carbocycles. The first-order valence-electron chi connectivity index (χ1n) is 16.0. The molecule has 14 heteroatoms. The fraction of sp³-hybridized carbons (Fsp3) is 0.657. The van der Waals surface area contributed by atoms with E-state index in [1.165, 1.54) is 39.8 Å². The molecule has 0 aromatic heterocycles. The first-order valence-corrected chi connectivity index (χ1v) is 16.0. The SMILES string of the molecule is C=C1C(OC(C)=O)C(OC(=O)C(C)CC)C(=O)C(C)(C)/C=C\[C@H](C)C(=O)[C@@]2(OC(C)=O)C[C@@](C)(OC(C)=O)[C@H](OC(C)=O)[C@@H]2[C@@H]1OC(C)=O. The zero-order chi connectivity index (χ0) is 37.8. The summed E-state index contributed by atoms with van der Waals surface area (Å²) in [7, 11) is 0. The largest absolute Gasteiger partial charge is 0.458 e. The van der Waals surface area contributed by atoms with Gasteiger partial charge in [0.1, 0.15) is 6.10 Å². The molecule has 3 unspecified atom stereocenters. The van der Waals surface area contributed by atoms with E-state index in [9.17, 15) is 38.4 Å². The number of carbonyl (C=O) groups excluding carboxylic acids is 8. The fourth-order valence-corrected chi connectivity index (χ4v) is 6.43. The quantitative estimate of drug-likeness (QED) is 0.204. The lowest BCUT2D eigenvalue weighted by atomic mass is 9.72. The maximum absolute atomic E-state index is 14.7. The summed E-state index contributed by atoms with van der Waals surface area (Å²) >= 11 is 0. The van der Waals surface area contributed by atoms with Crippen LogP contribution in [0.15, 0.2) is 24.3 Å². The van der Waals surface area contributed by atoms with Crippen LogP contribution in [0.5, 0.6) is 0 Å². The van der Waals surface area contributed by atoms with Gasteiger partial charge in [0.25, 0.3) is 0 Å². The third-order valence-corrected chi connectivity index (χ3v) is 8.78. The molecule has 2 aliphatic rings. The minimum absolute atomic E-state index is 0.337. The molecule has 9 atom stereocenters. The Morgan fingerprint density at radius 1 is 0.776 bits per heavy atom. The fourth-order valence-electron chi connectivity index (χ4n) is 6.43. The van der Waals surface area contributed by atoms with Crippen molar-refractivity contribution in [3.63, 3.8) is 0 Å². The number of hydrogen-bond acceptors (Lipinski definition) is 14. The van der Waals surface area contributed by atoms with Crippen molar-refractivity contribution in [2.45, 2.75) is 125 Å². The summed E-state index contributed by atoms with van der Waals surface area (Å²) in [5.74, 6) is -10.5. The third kappa shape index (κ3) is 9.01. The van der Waals surface area contributed by atoms with Crippen molar-refractivity contribution in [3.8, 4) is 0 Å². The number of hydrogen-bond donors (Lipinski definition) is 0. The Bertz CT molecular complexity index is 1420. The molecule has 0 amide bonds. The van der Waals surface area contributed by atoms with Crippen LogP contribution >= 0.6 is 0 Å². The molecule has 0 aromatic rings. The molecule has 0 saturated heterocycles. The molecule has 49 heavy (non-hydrogen) atoms. The highest BCUT2D eigenvalue weighted by atomic mass is 16.6. The second kappa shape index (κ2) is 15.5. The van der Waals surface area contributed by atoms with E-state index in [0.717, 1.165) is 34.6 Å².